The summed E-state index contributed by atoms with van der Waals surface area (Å²) >= 11 is 0. The second kappa shape index (κ2) is 8.12. The van der Waals surface area contributed by atoms with Gasteiger partial charge in [-0.05, 0) is 44.8 Å². The third kappa shape index (κ3) is 4.84. The fraction of sp³-hybridized carbons (Fsp3) is 0.353. The third-order valence-electron chi connectivity index (χ3n) is 3.36. The molecular weight excluding hydrogens is 276 g/mol. The first-order chi connectivity index (χ1) is 10.4. The highest BCUT2D eigenvalue weighted by molar-refractivity contribution is 5.54. The van der Waals surface area contributed by atoms with Crippen LogP contribution in [0.25, 0.3) is 0 Å². The van der Waals surface area contributed by atoms with Crippen molar-refractivity contribution >= 4 is 18.1 Å². The second-order valence-electron chi connectivity index (χ2n) is 5.25. The molecule has 120 valence electrons. The first-order valence-electron chi connectivity index (χ1n) is 7.19. The number of likely N-dealkylation sites (N-methyl/N-ethyl adjacent to an activating group) is 1. The van der Waals surface area contributed by atoms with E-state index in [2.05, 4.69) is 22.0 Å². The number of allylic oxidation sites excluding steroid dienone is 2. The summed E-state index contributed by atoms with van der Waals surface area (Å²) in [6.45, 7) is 7.15. The summed E-state index contributed by atoms with van der Waals surface area (Å²) in [5, 5.41) is 11.8. The Kier molecular flexibility index (Phi) is 6.50. The van der Waals surface area contributed by atoms with Gasteiger partial charge in [-0.1, -0.05) is 6.08 Å². The Labute approximate surface area is 133 Å². The first kappa shape index (κ1) is 17.6. The topological polar surface area (TPSA) is 51.1 Å². The average Bonchev–Trinajstić information content (AvgIpc) is 2.51. The summed E-state index contributed by atoms with van der Waals surface area (Å²) in [5.74, 6) is 0.180. The standard InChI is InChI=1S/C17H26N4O/c1-7-15(12-17(22)13(2)18-3)21(6)19-14-8-10-16(11-9-14)20(4)5/h7-13,19,22H,3H2,1-2,4-6H3/b15-7+,17-12+/t13-/m1/s1. The highest BCUT2D eigenvalue weighted by atomic mass is 16.3. The van der Waals surface area contributed by atoms with Crippen molar-refractivity contribution < 1.29 is 5.11 Å². The Hall–Kier alpha value is -2.43. The maximum atomic E-state index is 9.96. The quantitative estimate of drug-likeness (QED) is 0.350. The van der Waals surface area contributed by atoms with Crippen molar-refractivity contribution in [1.82, 2.24) is 5.01 Å². The highest BCUT2D eigenvalue weighted by Crippen LogP contribution is 2.18. The summed E-state index contributed by atoms with van der Waals surface area (Å²) in [6, 6.07) is 7.79. The number of anilines is 2. The van der Waals surface area contributed by atoms with Gasteiger partial charge in [0.2, 0.25) is 0 Å². The smallest absolute Gasteiger partial charge is 0.119 e. The molecule has 5 heteroatoms. The van der Waals surface area contributed by atoms with Crippen LogP contribution in [0.1, 0.15) is 13.8 Å². The van der Waals surface area contributed by atoms with Gasteiger partial charge in [0.15, 0.2) is 0 Å². The number of rotatable bonds is 7. The highest BCUT2D eigenvalue weighted by Gasteiger charge is 2.07. The number of aliphatic hydroxyl groups excluding tert-OH is 1. The van der Waals surface area contributed by atoms with Crippen molar-refractivity contribution in [2.75, 3.05) is 31.5 Å². The molecule has 0 aromatic heterocycles. The van der Waals surface area contributed by atoms with Crippen LogP contribution < -0.4 is 10.3 Å². The van der Waals surface area contributed by atoms with Crippen molar-refractivity contribution in [3.05, 3.63) is 47.9 Å². The van der Waals surface area contributed by atoms with Gasteiger partial charge < -0.3 is 10.0 Å². The molecule has 1 aromatic rings. The van der Waals surface area contributed by atoms with Gasteiger partial charge in [-0.25, -0.2) is 0 Å². The number of hydrazine groups is 1. The molecule has 0 fully saturated rings. The zero-order chi connectivity index (χ0) is 16.7. The van der Waals surface area contributed by atoms with E-state index in [1.54, 1.807) is 13.0 Å². The van der Waals surface area contributed by atoms with Gasteiger partial charge in [0.1, 0.15) is 11.8 Å². The van der Waals surface area contributed by atoms with Crippen molar-refractivity contribution in [2.45, 2.75) is 19.9 Å². The van der Waals surface area contributed by atoms with Crippen LogP contribution in [0.5, 0.6) is 0 Å². The molecule has 0 amide bonds. The molecule has 0 saturated heterocycles. The van der Waals surface area contributed by atoms with Gasteiger partial charge in [0, 0.05) is 32.9 Å². The maximum absolute atomic E-state index is 9.96. The van der Waals surface area contributed by atoms with Gasteiger partial charge in [0.25, 0.3) is 0 Å². The third-order valence-corrected chi connectivity index (χ3v) is 3.36. The Morgan fingerprint density at radius 2 is 1.86 bits per heavy atom. The molecule has 0 radical (unpaired) electrons. The Bertz CT molecular complexity index is 546. The lowest BCUT2D eigenvalue weighted by Gasteiger charge is -2.23. The zero-order valence-electron chi connectivity index (χ0n) is 14.0. The predicted molar refractivity (Wildman–Crippen MR) is 95.6 cm³/mol. The SMILES string of the molecule is C=N[C@H](C)/C(O)=C\C(=C/C)N(C)Nc1ccc(N(C)C)cc1. The van der Waals surface area contributed by atoms with E-state index >= 15 is 0 Å². The molecule has 0 unspecified atom stereocenters. The van der Waals surface area contributed by atoms with Gasteiger partial charge in [-0.15, -0.1) is 0 Å². The van der Waals surface area contributed by atoms with Crippen LogP contribution in [0.3, 0.4) is 0 Å². The van der Waals surface area contributed by atoms with E-state index in [1.807, 2.05) is 63.4 Å². The molecule has 0 aliphatic carbocycles. The zero-order valence-corrected chi connectivity index (χ0v) is 14.0. The van der Waals surface area contributed by atoms with E-state index in [0.717, 1.165) is 17.1 Å². The minimum atomic E-state index is -0.317. The lowest BCUT2D eigenvalue weighted by molar-refractivity contribution is 0.371. The van der Waals surface area contributed by atoms with Gasteiger partial charge in [-0.3, -0.25) is 15.4 Å². The van der Waals surface area contributed by atoms with Crippen molar-refractivity contribution in [3.63, 3.8) is 0 Å². The normalized spacial score (nSPS) is 13.5. The number of hydrogen-bond donors (Lipinski definition) is 2. The lowest BCUT2D eigenvalue weighted by atomic mass is 10.2. The second-order valence-corrected chi connectivity index (χ2v) is 5.25. The summed E-state index contributed by atoms with van der Waals surface area (Å²) in [6.07, 6.45) is 3.59. The van der Waals surface area contributed by atoms with Crippen LogP contribution in [0.15, 0.2) is 52.9 Å². The van der Waals surface area contributed by atoms with Crippen molar-refractivity contribution in [3.8, 4) is 0 Å². The molecule has 0 spiro atoms. The summed E-state index contributed by atoms with van der Waals surface area (Å²) < 4.78 is 0. The molecule has 1 rings (SSSR count). The van der Waals surface area contributed by atoms with Crippen LogP contribution in [0, 0.1) is 0 Å². The number of aliphatic imine (C=N–C) groups is 1. The minimum absolute atomic E-state index is 0.180. The molecule has 0 saturated carbocycles. The molecule has 0 aliphatic heterocycles. The van der Waals surface area contributed by atoms with Gasteiger partial charge >= 0.3 is 0 Å². The number of nitrogens with one attached hydrogen (secondary N) is 1. The molecule has 1 atom stereocenters. The van der Waals surface area contributed by atoms with Crippen LogP contribution >= 0.6 is 0 Å². The number of nitrogens with zero attached hydrogens (tertiary/aromatic N) is 3. The monoisotopic (exact) mass is 302 g/mol. The molecule has 0 bridgehead atoms. The van der Waals surface area contributed by atoms with Crippen LogP contribution in [-0.2, 0) is 0 Å². The van der Waals surface area contributed by atoms with E-state index in [9.17, 15) is 5.11 Å². The summed E-state index contributed by atoms with van der Waals surface area (Å²) in [5.41, 5.74) is 6.21. The fourth-order valence-corrected chi connectivity index (χ4v) is 1.83. The molecular formula is C17H26N4O. The average molecular weight is 302 g/mol. The van der Waals surface area contributed by atoms with E-state index in [4.69, 9.17) is 0 Å². The van der Waals surface area contributed by atoms with Gasteiger partial charge in [0.05, 0.1) is 11.4 Å². The van der Waals surface area contributed by atoms with E-state index < -0.39 is 0 Å². The number of aliphatic hydroxyl groups is 1. The van der Waals surface area contributed by atoms with Crippen LogP contribution in [0.2, 0.25) is 0 Å². The minimum Gasteiger partial charge on any atom is -0.510 e. The molecule has 0 heterocycles. The van der Waals surface area contributed by atoms with E-state index in [-0.39, 0.29) is 11.8 Å². The molecule has 2 N–H and O–H groups in total. The Morgan fingerprint density at radius 3 is 2.32 bits per heavy atom. The number of hydrogen-bond acceptors (Lipinski definition) is 5. The van der Waals surface area contributed by atoms with Crippen LogP contribution in [0.4, 0.5) is 11.4 Å². The van der Waals surface area contributed by atoms with Gasteiger partial charge in [-0.2, -0.15) is 0 Å². The van der Waals surface area contributed by atoms with Crippen molar-refractivity contribution in [1.29, 1.82) is 0 Å². The summed E-state index contributed by atoms with van der Waals surface area (Å²) in [7, 11) is 5.91. The van der Waals surface area contributed by atoms with E-state index in [1.165, 1.54) is 0 Å². The molecule has 1 aromatic carbocycles. The van der Waals surface area contributed by atoms with Crippen LogP contribution in [-0.4, -0.2) is 44.0 Å². The predicted octanol–water partition coefficient (Wildman–Crippen LogP) is 3.45. The van der Waals surface area contributed by atoms with Crippen molar-refractivity contribution in [2.24, 2.45) is 4.99 Å². The Morgan fingerprint density at radius 1 is 1.27 bits per heavy atom. The largest absolute Gasteiger partial charge is 0.510 e. The lowest BCUT2D eigenvalue weighted by Crippen LogP contribution is -2.24. The maximum Gasteiger partial charge on any atom is 0.119 e. The fourth-order valence-electron chi connectivity index (χ4n) is 1.83. The molecule has 5 nitrogen and oxygen atoms in total. The summed E-state index contributed by atoms with van der Waals surface area (Å²) in [4.78, 5) is 5.86. The number of benzene rings is 1. The molecule has 22 heavy (non-hydrogen) atoms. The molecule has 0 aliphatic rings. The Balaban J connectivity index is 2.81. The van der Waals surface area contributed by atoms with E-state index in [0.29, 0.717) is 0 Å². The first-order valence-corrected chi connectivity index (χ1v) is 7.19.